The van der Waals surface area contributed by atoms with Gasteiger partial charge in [0.2, 0.25) is 0 Å². The van der Waals surface area contributed by atoms with Gasteiger partial charge in [-0.05, 0) is 52.2 Å². The molecule has 0 aliphatic carbocycles. The number of imide groups is 1. The van der Waals surface area contributed by atoms with Crippen LogP contribution in [0.2, 0.25) is 0 Å². The summed E-state index contributed by atoms with van der Waals surface area (Å²) in [7, 11) is -4.19. The first-order valence-electron chi connectivity index (χ1n) is 9.59. The van der Waals surface area contributed by atoms with Crippen molar-refractivity contribution >= 4 is 22.1 Å². The molecule has 1 fully saturated rings. The molecular formula is C21H30N2O5S. The van der Waals surface area contributed by atoms with Crippen molar-refractivity contribution in [2.45, 2.75) is 70.5 Å². The van der Waals surface area contributed by atoms with Crippen LogP contribution in [0, 0.1) is 12.8 Å². The molecule has 1 aromatic rings. The van der Waals surface area contributed by atoms with Crippen LogP contribution in [0.15, 0.2) is 41.8 Å². The molecule has 1 saturated heterocycles. The molecule has 7 nitrogen and oxygen atoms in total. The monoisotopic (exact) mass is 422 g/mol. The number of rotatable bonds is 4. The largest absolute Gasteiger partial charge is 0.443 e. The molecule has 1 heterocycles. The normalized spacial score (nSPS) is 20.7. The molecule has 29 heavy (non-hydrogen) atoms. The minimum absolute atomic E-state index is 0.0181. The fourth-order valence-electron chi connectivity index (χ4n) is 3.23. The molecule has 0 N–H and O–H groups in total. The number of carbonyl (C=O) groups is 2. The summed E-state index contributed by atoms with van der Waals surface area (Å²) in [6, 6.07) is 4.02. The van der Waals surface area contributed by atoms with E-state index in [1.165, 1.54) is 18.2 Å². The maximum Gasteiger partial charge on any atom is 0.418 e. The number of carbonyl (C=O) groups excluding carboxylic acids is 2. The third kappa shape index (κ3) is 4.80. The lowest BCUT2D eigenvalue weighted by Crippen LogP contribution is -2.63. The van der Waals surface area contributed by atoms with Crippen molar-refractivity contribution in [2.75, 3.05) is 0 Å². The van der Waals surface area contributed by atoms with Crippen LogP contribution in [0.25, 0.3) is 0 Å². The topological polar surface area (TPSA) is 84.0 Å². The first-order valence-corrected chi connectivity index (χ1v) is 11.0. The highest BCUT2D eigenvalue weighted by atomic mass is 32.2. The smallest absolute Gasteiger partial charge is 0.418 e. The van der Waals surface area contributed by atoms with Gasteiger partial charge in [-0.1, -0.05) is 37.6 Å². The Hall–Kier alpha value is -2.35. The standard InChI is InChI=1S/C21H30N2O5S/c1-8-16-13-18(14(2)3)22(20(25)28-21(5,6)7)19(24)23(16)29(26,27)17-11-9-15(4)10-12-17/h8-12,14,16,18H,1,13H2,2-7H3/t16-,18+/m0/s1. The number of aryl methyl sites for hydroxylation is 1. The van der Waals surface area contributed by atoms with Crippen molar-refractivity contribution in [3.63, 3.8) is 0 Å². The number of sulfonamides is 1. The van der Waals surface area contributed by atoms with E-state index in [9.17, 15) is 18.0 Å². The van der Waals surface area contributed by atoms with Crippen LogP contribution in [0.5, 0.6) is 0 Å². The number of benzene rings is 1. The Labute approximate surface area is 173 Å². The van der Waals surface area contributed by atoms with Gasteiger partial charge in [0, 0.05) is 6.04 Å². The van der Waals surface area contributed by atoms with Crippen molar-refractivity contribution in [1.29, 1.82) is 0 Å². The molecule has 1 aromatic carbocycles. The van der Waals surface area contributed by atoms with Crippen LogP contribution in [0.3, 0.4) is 0 Å². The second-order valence-corrected chi connectivity index (χ2v) is 10.4. The number of urea groups is 1. The molecule has 0 saturated carbocycles. The zero-order valence-corrected chi connectivity index (χ0v) is 18.7. The van der Waals surface area contributed by atoms with Gasteiger partial charge >= 0.3 is 12.1 Å². The molecule has 0 radical (unpaired) electrons. The number of hydrogen-bond donors (Lipinski definition) is 0. The average molecular weight is 423 g/mol. The van der Waals surface area contributed by atoms with Crippen molar-refractivity contribution < 1.29 is 22.7 Å². The van der Waals surface area contributed by atoms with Gasteiger partial charge < -0.3 is 4.74 Å². The summed E-state index contributed by atoms with van der Waals surface area (Å²) < 4.78 is 32.7. The van der Waals surface area contributed by atoms with Gasteiger partial charge in [-0.3, -0.25) is 0 Å². The molecular weight excluding hydrogens is 392 g/mol. The summed E-state index contributed by atoms with van der Waals surface area (Å²) in [5.74, 6) is -0.0850. The third-order valence-electron chi connectivity index (χ3n) is 4.72. The molecule has 2 rings (SSSR count). The van der Waals surface area contributed by atoms with E-state index >= 15 is 0 Å². The molecule has 0 bridgehead atoms. The summed E-state index contributed by atoms with van der Waals surface area (Å²) in [5, 5.41) is 0. The van der Waals surface area contributed by atoms with Gasteiger partial charge in [0.1, 0.15) is 5.60 Å². The second-order valence-electron chi connectivity index (χ2n) is 8.60. The number of nitrogens with zero attached hydrogens (tertiary/aromatic N) is 2. The maximum absolute atomic E-state index is 13.3. The van der Waals surface area contributed by atoms with Crippen LogP contribution in [0.1, 0.15) is 46.6 Å². The molecule has 8 heteroatoms. The minimum atomic E-state index is -4.19. The zero-order chi connectivity index (χ0) is 22.1. The van der Waals surface area contributed by atoms with Crippen LogP contribution in [0.4, 0.5) is 9.59 Å². The van der Waals surface area contributed by atoms with Gasteiger partial charge in [0.15, 0.2) is 0 Å². The first kappa shape index (κ1) is 22.9. The average Bonchev–Trinajstić information content (AvgIpc) is 2.59. The van der Waals surface area contributed by atoms with Crippen LogP contribution in [-0.2, 0) is 14.8 Å². The molecule has 1 aliphatic heterocycles. The van der Waals surface area contributed by atoms with Crippen LogP contribution >= 0.6 is 0 Å². The summed E-state index contributed by atoms with van der Waals surface area (Å²) in [4.78, 5) is 27.1. The maximum atomic E-state index is 13.3. The van der Waals surface area contributed by atoms with Crippen molar-refractivity contribution in [3.05, 3.63) is 42.5 Å². The lowest BCUT2D eigenvalue weighted by atomic mass is 9.93. The van der Waals surface area contributed by atoms with E-state index in [2.05, 4.69) is 6.58 Å². The van der Waals surface area contributed by atoms with E-state index in [0.717, 1.165) is 14.8 Å². The summed E-state index contributed by atoms with van der Waals surface area (Å²) in [6.45, 7) is 14.4. The quantitative estimate of drug-likeness (QED) is 0.675. The molecule has 2 atom stereocenters. The van der Waals surface area contributed by atoms with Crippen LogP contribution < -0.4 is 0 Å². The number of ether oxygens (including phenoxy) is 1. The molecule has 0 aromatic heterocycles. The SMILES string of the molecule is C=C[C@H]1C[C@H](C(C)C)N(C(=O)OC(C)(C)C)C(=O)N1S(=O)(=O)c1ccc(C)cc1. The van der Waals surface area contributed by atoms with E-state index in [4.69, 9.17) is 4.74 Å². The van der Waals surface area contributed by atoms with Gasteiger partial charge in [-0.15, -0.1) is 6.58 Å². The van der Waals surface area contributed by atoms with Crippen LogP contribution in [-0.4, -0.2) is 47.4 Å². The Morgan fingerprint density at radius 1 is 1.24 bits per heavy atom. The Morgan fingerprint density at radius 3 is 2.24 bits per heavy atom. The predicted molar refractivity (Wildman–Crippen MR) is 111 cm³/mol. The van der Waals surface area contributed by atoms with Gasteiger partial charge in [0.05, 0.1) is 10.9 Å². The Balaban J connectivity index is 2.54. The van der Waals surface area contributed by atoms with E-state index in [0.29, 0.717) is 0 Å². The third-order valence-corrected chi connectivity index (χ3v) is 6.53. The fourth-order valence-corrected chi connectivity index (χ4v) is 4.76. The molecule has 3 amide bonds. The molecule has 160 valence electrons. The fraction of sp³-hybridized carbons (Fsp3) is 0.524. The Bertz CT molecular complexity index is 885. The minimum Gasteiger partial charge on any atom is -0.443 e. The molecule has 1 aliphatic rings. The molecule has 0 spiro atoms. The number of amides is 3. The van der Waals surface area contributed by atoms with Gasteiger partial charge in [-0.25, -0.2) is 27.2 Å². The second kappa shape index (κ2) is 8.18. The highest BCUT2D eigenvalue weighted by molar-refractivity contribution is 7.89. The Morgan fingerprint density at radius 2 is 1.79 bits per heavy atom. The van der Waals surface area contributed by atoms with E-state index in [1.807, 2.05) is 20.8 Å². The van der Waals surface area contributed by atoms with E-state index < -0.39 is 39.8 Å². The highest BCUT2D eigenvalue weighted by Gasteiger charge is 2.49. The Kier molecular flexibility index (Phi) is 6.47. The number of hydrogen-bond acceptors (Lipinski definition) is 5. The van der Waals surface area contributed by atoms with E-state index in [1.54, 1.807) is 32.9 Å². The van der Waals surface area contributed by atoms with Gasteiger partial charge in [0.25, 0.3) is 10.0 Å². The lowest BCUT2D eigenvalue weighted by Gasteiger charge is -2.44. The first-order chi connectivity index (χ1) is 13.3. The molecule has 0 unspecified atom stereocenters. The summed E-state index contributed by atoms with van der Waals surface area (Å²) >= 11 is 0. The summed E-state index contributed by atoms with van der Waals surface area (Å²) in [6.07, 6.45) is 0.829. The zero-order valence-electron chi connectivity index (χ0n) is 17.9. The van der Waals surface area contributed by atoms with Crippen molar-refractivity contribution in [3.8, 4) is 0 Å². The predicted octanol–water partition coefficient (Wildman–Crippen LogP) is 4.33. The van der Waals surface area contributed by atoms with Crippen molar-refractivity contribution in [1.82, 2.24) is 9.21 Å². The highest BCUT2D eigenvalue weighted by Crippen LogP contribution is 2.33. The van der Waals surface area contributed by atoms with Gasteiger partial charge in [-0.2, -0.15) is 0 Å². The van der Waals surface area contributed by atoms with E-state index in [-0.39, 0.29) is 17.2 Å². The van der Waals surface area contributed by atoms with Crippen molar-refractivity contribution in [2.24, 2.45) is 5.92 Å². The lowest BCUT2D eigenvalue weighted by molar-refractivity contribution is 0.0102. The summed E-state index contributed by atoms with van der Waals surface area (Å²) in [5.41, 5.74) is 0.0684.